The molecule has 2 aromatic carbocycles. The lowest BCUT2D eigenvalue weighted by Crippen LogP contribution is -2.11. The summed E-state index contributed by atoms with van der Waals surface area (Å²) in [6, 6.07) is 3.48. The normalized spacial score (nSPS) is 11.9. The maximum Gasteiger partial charge on any atom is 0.295 e. The Balaban J connectivity index is 2.88. The summed E-state index contributed by atoms with van der Waals surface area (Å²) in [6.45, 7) is 0. The largest absolute Gasteiger partial charge is 0.508 e. The molecule has 0 atom stereocenters. The van der Waals surface area contributed by atoms with E-state index in [4.69, 9.17) is 4.55 Å². The number of non-ortho nitro benzene ring substituents is 1. The summed E-state index contributed by atoms with van der Waals surface area (Å²) in [5.74, 6) is -0.694. The molecule has 2 N–H and O–H groups in total. The molecule has 0 aliphatic heterocycles. The lowest BCUT2D eigenvalue weighted by Gasteiger charge is -2.09. The highest BCUT2D eigenvalue weighted by Crippen LogP contribution is 2.36. The van der Waals surface area contributed by atoms with E-state index in [2.05, 4.69) is 0 Å². The zero-order valence-corrected chi connectivity index (χ0v) is 14.0. The number of nitro groups is 2. The molecule has 0 heterocycles. The highest BCUT2D eigenvalue weighted by molar-refractivity contribution is 7.93. The molecule has 0 radical (unpaired) electrons. The van der Waals surface area contributed by atoms with E-state index in [1.165, 1.54) is 0 Å². The second-order valence-electron chi connectivity index (χ2n) is 4.78. The van der Waals surface area contributed by atoms with Crippen molar-refractivity contribution in [3.05, 3.63) is 56.6 Å². The quantitative estimate of drug-likeness (QED) is 0.416. The van der Waals surface area contributed by atoms with E-state index < -0.39 is 61.6 Å². The van der Waals surface area contributed by atoms with E-state index in [9.17, 15) is 42.2 Å². The number of hydrogen-bond donors (Lipinski definition) is 2. The SMILES string of the molecule is O=[N+]([O-])c1ccc(S(=O)(=O)c2cc(O)ccc2S(=O)(=O)O)c([N+](=O)[O-])c1. The molecule has 0 unspecified atom stereocenters. The number of phenols is 1. The van der Waals surface area contributed by atoms with Gasteiger partial charge in [0.2, 0.25) is 9.84 Å². The Morgan fingerprint density at radius 2 is 1.38 bits per heavy atom. The van der Waals surface area contributed by atoms with Gasteiger partial charge in [0.05, 0.1) is 20.8 Å². The number of phenolic OH excluding ortho intramolecular Hbond substituents is 1. The Morgan fingerprint density at radius 3 is 1.88 bits per heavy atom. The number of nitrogens with zero attached hydrogens (tertiary/aromatic N) is 2. The summed E-state index contributed by atoms with van der Waals surface area (Å²) in [7, 11) is -10.0. The zero-order chi connectivity index (χ0) is 19.9. The van der Waals surface area contributed by atoms with Crippen LogP contribution in [0.4, 0.5) is 11.4 Å². The van der Waals surface area contributed by atoms with Gasteiger partial charge in [-0.15, -0.1) is 0 Å². The lowest BCUT2D eigenvalue weighted by molar-refractivity contribution is -0.396. The van der Waals surface area contributed by atoms with Crippen LogP contribution in [0.25, 0.3) is 0 Å². The monoisotopic (exact) mass is 404 g/mol. The van der Waals surface area contributed by atoms with Crippen molar-refractivity contribution in [2.24, 2.45) is 0 Å². The molecule has 0 aromatic heterocycles. The fourth-order valence-corrected chi connectivity index (χ4v) is 4.73. The molecule has 0 amide bonds. The van der Waals surface area contributed by atoms with Crippen molar-refractivity contribution in [2.45, 2.75) is 14.7 Å². The number of benzene rings is 2. The van der Waals surface area contributed by atoms with E-state index in [0.717, 1.165) is 6.07 Å². The maximum absolute atomic E-state index is 12.7. The fraction of sp³-hybridized carbons (Fsp3) is 0. The number of sulfone groups is 1. The van der Waals surface area contributed by atoms with Crippen LogP contribution in [0.15, 0.2) is 51.1 Å². The Bertz CT molecular complexity index is 1140. The molecule has 0 saturated heterocycles. The molecule has 2 aromatic rings. The minimum atomic E-state index is -5.06. The highest BCUT2D eigenvalue weighted by Gasteiger charge is 2.34. The van der Waals surface area contributed by atoms with Gasteiger partial charge in [-0.25, -0.2) is 8.42 Å². The molecule has 26 heavy (non-hydrogen) atoms. The third-order valence-electron chi connectivity index (χ3n) is 3.13. The Kier molecular flexibility index (Phi) is 4.68. The molecule has 138 valence electrons. The minimum absolute atomic E-state index is 0.392. The smallest absolute Gasteiger partial charge is 0.295 e. The van der Waals surface area contributed by atoms with E-state index in [1.54, 1.807) is 0 Å². The molecular weight excluding hydrogens is 396 g/mol. The van der Waals surface area contributed by atoms with Gasteiger partial charge in [-0.05, 0) is 18.2 Å². The number of hydrogen-bond acceptors (Lipinski definition) is 9. The molecule has 0 fully saturated rings. The van der Waals surface area contributed by atoms with Gasteiger partial charge in [-0.1, -0.05) is 0 Å². The van der Waals surface area contributed by atoms with Crippen LogP contribution in [-0.2, 0) is 20.0 Å². The van der Waals surface area contributed by atoms with Crippen LogP contribution in [0, 0.1) is 20.2 Å². The van der Waals surface area contributed by atoms with Crippen LogP contribution in [-0.4, -0.2) is 36.3 Å². The van der Waals surface area contributed by atoms with Gasteiger partial charge in [0, 0.05) is 12.1 Å². The van der Waals surface area contributed by atoms with Crippen LogP contribution in [0.1, 0.15) is 0 Å². The molecule has 14 heteroatoms. The summed E-state index contributed by atoms with van der Waals surface area (Å²) in [6.07, 6.45) is 0. The molecular formula is C12H8N2O10S2. The molecule has 12 nitrogen and oxygen atoms in total. The maximum atomic E-state index is 12.7. The van der Waals surface area contributed by atoms with Crippen molar-refractivity contribution in [1.29, 1.82) is 0 Å². The standard InChI is InChI=1S/C12H8N2O10S2/c15-8-2-4-11(26(22,23)24)12(6-8)25(20,21)10-3-1-7(13(16)17)5-9(10)14(18)19/h1-6,15H,(H,22,23,24). The van der Waals surface area contributed by atoms with E-state index in [-0.39, 0.29) is 0 Å². The summed E-state index contributed by atoms with van der Waals surface area (Å²) < 4.78 is 57.4. The molecule has 0 saturated carbocycles. The summed E-state index contributed by atoms with van der Waals surface area (Å²) in [5.41, 5.74) is -1.94. The van der Waals surface area contributed by atoms with Crippen molar-refractivity contribution in [3.63, 3.8) is 0 Å². The third-order valence-corrected chi connectivity index (χ3v) is 6.02. The first kappa shape index (κ1) is 19.2. The Morgan fingerprint density at radius 1 is 0.808 bits per heavy atom. The van der Waals surface area contributed by atoms with Crippen molar-refractivity contribution < 1.29 is 36.3 Å². The first-order valence-corrected chi connectivity index (χ1v) is 9.26. The number of aromatic hydroxyl groups is 1. The van der Waals surface area contributed by atoms with Crippen LogP contribution < -0.4 is 0 Å². The summed E-state index contributed by atoms with van der Waals surface area (Å²) in [5, 5.41) is 31.3. The highest BCUT2D eigenvalue weighted by atomic mass is 32.2. The van der Waals surface area contributed by atoms with Gasteiger partial charge >= 0.3 is 0 Å². The number of rotatable bonds is 5. The van der Waals surface area contributed by atoms with Crippen LogP contribution in [0.2, 0.25) is 0 Å². The van der Waals surface area contributed by atoms with Crippen LogP contribution >= 0.6 is 0 Å². The predicted molar refractivity (Wildman–Crippen MR) is 83.1 cm³/mol. The van der Waals surface area contributed by atoms with Gasteiger partial charge in [0.25, 0.3) is 21.5 Å². The number of nitro benzene ring substituents is 2. The zero-order valence-electron chi connectivity index (χ0n) is 12.3. The average Bonchev–Trinajstić information content (AvgIpc) is 2.52. The van der Waals surface area contributed by atoms with Gasteiger partial charge in [0.15, 0.2) is 0 Å². The van der Waals surface area contributed by atoms with Gasteiger partial charge in [-0.2, -0.15) is 8.42 Å². The van der Waals surface area contributed by atoms with Crippen molar-refractivity contribution >= 4 is 31.3 Å². The topological polar surface area (TPSA) is 195 Å². The molecule has 0 aliphatic rings. The predicted octanol–water partition coefficient (Wildman–Crippen LogP) is 1.29. The van der Waals surface area contributed by atoms with Gasteiger partial charge in [0.1, 0.15) is 15.5 Å². The molecule has 0 aliphatic carbocycles. The first-order chi connectivity index (χ1) is 11.9. The second kappa shape index (κ2) is 6.32. The second-order valence-corrected chi connectivity index (χ2v) is 8.05. The van der Waals surface area contributed by atoms with E-state index in [1.807, 2.05) is 0 Å². The average molecular weight is 404 g/mol. The third kappa shape index (κ3) is 3.46. The Labute approximate surface area is 145 Å². The fourth-order valence-electron chi connectivity index (χ4n) is 2.03. The van der Waals surface area contributed by atoms with Crippen molar-refractivity contribution in [2.75, 3.05) is 0 Å². The first-order valence-electron chi connectivity index (χ1n) is 6.34. The van der Waals surface area contributed by atoms with Crippen molar-refractivity contribution in [3.8, 4) is 5.75 Å². The summed E-state index contributed by atoms with van der Waals surface area (Å²) in [4.78, 5) is 16.4. The van der Waals surface area contributed by atoms with Crippen LogP contribution in [0.3, 0.4) is 0 Å². The van der Waals surface area contributed by atoms with Gasteiger partial charge in [-0.3, -0.25) is 24.8 Å². The summed E-state index contributed by atoms with van der Waals surface area (Å²) >= 11 is 0. The molecule has 0 bridgehead atoms. The van der Waals surface area contributed by atoms with Crippen LogP contribution in [0.5, 0.6) is 5.75 Å². The minimum Gasteiger partial charge on any atom is -0.508 e. The van der Waals surface area contributed by atoms with E-state index in [0.29, 0.717) is 30.3 Å². The Hall–Kier alpha value is -3.10. The van der Waals surface area contributed by atoms with Crippen molar-refractivity contribution in [1.82, 2.24) is 0 Å². The molecule has 2 rings (SSSR count). The lowest BCUT2D eigenvalue weighted by atomic mass is 10.3. The molecule has 0 spiro atoms. The van der Waals surface area contributed by atoms with Gasteiger partial charge < -0.3 is 5.11 Å². The van der Waals surface area contributed by atoms with E-state index >= 15 is 0 Å².